The molecular weight excluding hydrogens is 365 g/mol. The van der Waals surface area contributed by atoms with Crippen LogP contribution in [0.5, 0.6) is 10.8 Å². The van der Waals surface area contributed by atoms with E-state index < -0.39 is 0 Å². The third kappa shape index (κ3) is 4.46. The minimum atomic E-state index is -0.389. The van der Waals surface area contributed by atoms with Crippen molar-refractivity contribution in [2.45, 2.75) is 0 Å². The average molecular weight is 378 g/mol. The second kappa shape index (κ2) is 7.50. The summed E-state index contributed by atoms with van der Waals surface area (Å²) >= 11 is 6.98. The van der Waals surface area contributed by atoms with Gasteiger partial charge in [-0.3, -0.25) is 10.2 Å². The maximum atomic E-state index is 13.2. The first kappa shape index (κ1) is 17.2. The predicted molar refractivity (Wildman–Crippen MR) is 97.5 cm³/mol. The molecule has 1 N–H and O–H groups in total. The SMILES string of the molecule is CN(C(=O)Nc1ncc(Oc2cccc(F)c2)s1)c1ccc(Cl)cc1. The zero-order chi connectivity index (χ0) is 17.8. The lowest BCUT2D eigenvalue weighted by Crippen LogP contribution is -2.30. The molecule has 5 nitrogen and oxygen atoms in total. The number of nitrogens with zero attached hydrogens (tertiary/aromatic N) is 2. The van der Waals surface area contributed by atoms with Crippen LogP contribution >= 0.6 is 22.9 Å². The number of ether oxygens (including phenoxy) is 1. The van der Waals surface area contributed by atoms with Crippen LogP contribution in [0.4, 0.5) is 20.0 Å². The molecule has 0 aliphatic heterocycles. The van der Waals surface area contributed by atoms with Crippen molar-refractivity contribution in [3.05, 3.63) is 65.6 Å². The van der Waals surface area contributed by atoms with Crippen LogP contribution in [0.25, 0.3) is 0 Å². The number of benzene rings is 2. The molecule has 2 amide bonds. The molecule has 0 saturated carbocycles. The van der Waals surface area contributed by atoms with Crippen molar-refractivity contribution in [2.24, 2.45) is 0 Å². The number of amides is 2. The van der Waals surface area contributed by atoms with Crippen LogP contribution in [-0.4, -0.2) is 18.1 Å². The van der Waals surface area contributed by atoms with Gasteiger partial charge in [0.15, 0.2) is 5.13 Å². The van der Waals surface area contributed by atoms with Crippen LogP contribution in [0.15, 0.2) is 54.7 Å². The number of thiazole rings is 1. The summed E-state index contributed by atoms with van der Waals surface area (Å²) in [7, 11) is 1.64. The predicted octanol–water partition coefficient (Wildman–Crippen LogP) is 5.40. The molecule has 1 aromatic heterocycles. The van der Waals surface area contributed by atoms with Gasteiger partial charge in [-0.25, -0.2) is 14.2 Å². The molecule has 8 heteroatoms. The van der Waals surface area contributed by atoms with Crippen molar-refractivity contribution in [3.8, 4) is 10.8 Å². The number of aromatic nitrogens is 1. The van der Waals surface area contributed by atoms with Crippen molar-refractivity contribution in [3.63, 3.8) is 0 Å². The summed E-state index contributed by atoms with van der Waals surface area (Å²) < 4.78 is 18.7. The van der Waals surface area contributed by atoms with Crippen molar-refractivity contribution in [1.82, 2.24) is 4.98 Å². The maximum absolute atomic E-state index is 13.2. The molecular formula is C17H13ClFN3O2S. The Hall–Kier alpha value is -2.64. The largest absolute Gasteiger partial charge is 0.445 e. The van der Waals surface area contributed by atoms with Crippen molar-refractivity contribution < 1.29 is 13.9 Å². The van der Waals surface area contributed by atoms with Gasteiger partial charge >= 0.3 is 6.03 Å². The highest BCUT2D eigenvalue weighted by Gasteiger charge is 2.13. The number of nitrogens with one attached hydrogen (secondary N) is 1. The number of rotatable bonds is 4. The molecule has 0 saturated heterocycles. The van der Waals surface area contributed by atoms with E-state index in [1.165, 1.54) is 23.2 Å². The van der Waals surface area contributed by atoms with Crippen LogP contribution in [-0.2, 0) is 0 Å². The van der Waals surface area contributed by atoms with Gasteiger partial charge in [0, 0.05) is 23.8 Å². The first-order valence-corrected chi connectivity index (χ1v) is 8.40. The molecule has 0 unspecified atom stereocenters. The highest BCUT2D eigenvalue weighted by atomic mass is 35.5. The Morgan fingerprint density at radius 3 is 2.76 bits per heavy atom. The zero-order valence-electron chi connectivity index (χ0n) is 13.1. The van der Waals surface area contributed by atoms with Crippen molar-refractivity contribution >= 4 is 39.8 Å². The fourth-order valence-corrected chi connectivity index (χ4v) is 2.77. The number of carbonyl (C=O) groups is 1. The number of hydrogen-bond donors (Lipinski definition) is 1. The van der Waals surface area contributed by atoms with Gasteiger partial charge in [0.25, 0.3) is 0 Å². The van der Waals surface area contributed by atoms with Gasteiger partial charge in [-0.15, -0.1) is 0 Å². The lowest BCUT2D eigenvalue weighted by atomic mass is 10.3. The molecule has 25 heavy (non-hydrogen) atoms. The molecule has 0 atom stereocenters. The molecule has 3 rings (SSSR count). The first-order chi connectivity index (χ1) is 12.0. The summed E-state index contributed by atoms with van der Waals surface area (Å²) in [5.41, 5.74) is 0.690. The summed E-state index contributed by atoms with van der Waals surface area (Å²) in [6.07, 6.45) is 1.47. The fourth-order valence-electron chi connectivity index (χ4n) is 1.97. The number of hydrogen-bond acceptors (Lipinski definition) is 4. The molecule has 0 aliphatic rings. The van der Waals surface area contributed by atoms with Gasteiger partial charge < -0.3 is 4.74 Å². The van der Waals surface area contributed by atoms with Gasteiger partial charge in [-0.05, 0) is 36.4 Å². The second-order valence-electron chi connectivity index (χ2n) is 5.01. The van der Waals surface area contributed by atoms with E-state index >= 15 is 0 Å². The molecule has 0 radical (unpaired) electrons. The lowest BCUT2D eigenvalue weighted by Gasteiger charge is -2.17. The highest BCUT2D eigenvalue weighted by molar-refractivity contribution is 7.17. The smallest absolute Gasteiger partial charge is 0.327 e. The monoisotopic (exact) mass is 377 g/mol. The Morgan fingerprint density at radius 1 is 1.28 bits per heavy atom. The van der Waals surface area contributed by atoms with Crippen molar-refractivity contribution in [1.29, 1.82) is 0 Å². The maximum Gasteiger partial charge on any atom is 0.327 e. The molecule has 128 valence electrons. The number of anilines is 2. The lowest BCUT2D eigenvalue weighted by molar-refractivity contribution is 0.258. The summed E-state index contributed by atoms with van der Waals surface area (Å²) in [4.78, 5) is 17.8. The standard InChI is InChI=1S/C17H13ClFN3O2S/c1-22(13-7-5-11(18)6-8-13)17(23)21-16-20-10-15(25-16)24-14-4-2-3-12(19)9-14/h2-10H,1H3,(H,20,21,23). The Morgan fingerprint density at radius 2 is 2.04 bits per heavy atom. The van der Waals surface area contributed by atoms with Crippen LogP contribution in [0.1, 0.15) is 0 Å². The quantitative estimate of drug-likeness (QED) is 0.662. The molecule has 1 heterocycles. The van der Waals surface area contributed by atoms with E-state index in [2.05, 4.69) is 10.3 Å². The van der Waals surface area contributed by atoms with E-state index in [4.69, 9.17) is 16.3 Å². The minimum Gasteiger partial charge on any atom is -0.445 e. The summed E-state index contributed by atoms with van der Waals surface area (Å²) in [5, 5.41) is 4.09. The van der Waals surface area contributed by atoms with E-state index in [0.29, 0.717) is 26.7 Å². The molecule has 0 bridgehead atoms. The molecule has 2 aromatic carbocycles. The fraction of sp³-hybridized carbons (Fsp3) is 0.0588. The summed E-state index contributed by atoms with van der Waals surface area (Å²) in [6.45, 7) is 0. The average Bonchev–Trinajstić information content (AvgIpc) is 3.01. The normalized spacial score (nSPS) is 10.4. The first-order valence-electron chi connectivity index (χ1n) is 7.21. The second-order valence-corrected chi connectivity index (χ2v) is 6.44. The van der Waals surface area contributed by atoms with E-state index in [1.807, 2.05) is 0 Å². The number of carbonyl (C=O) groups excluding carboxylic acids is 1. The zero-order valence-corrected chi connectivity index (χ0v) is 14.6. The van der Waals surface area contributed by atoms with Crippen LogP contribution < -0.4 is 15.0 Å². The van der Waals surface area contributed by atoms with Crippen molar-refractivity contribution in [2.75, 3.05) is 17.3 Å². The van der Waals surface area contributed by atoms with Gasteiger partial charge in [0.1, 0.15) is 11.6 Å². The minimum absolute atomic E-state index is 0.353. The summed E-state index contributed by atoms with van der Waals surface area (Å²) in [6, 6.07) is 12.3. The third-order valence-corrected chi connectivity index (χ3v) is 4.27. The van der Waals surface area contributed by atoms with Gasteiger partial charge in [-0.1, -0.05) is 29.0 Å². The number of halogens is 2. The van der Waals surface area contributed by atoms with Gasteiger partial charge in [0.2, 0.25) is 5.06 Å². The van der Waals surface area contributed by atoms with Crippen LogP contribution in [0.2, 0.25) is 5.02 Å². The third-order valence-electron chi connectivity index (χ3n) is 3.23. The Kier molecular flexibility index (Phi) is 5.16. The molecule has 3 aromatic rings. The van der Waals surface area contributed by atoms with E-state index in [-0.39, 0.29) is 11.8 Å². The van der Waals surface area contributed by atoms with E-state index in [0.717, 1.165) is 11.3 Å². The van der Waals surface area contributed by atoms with Gasteiger partial charge in [-0.2, -0.15) is 0 Å². The highest BCUT2D eigenvalue weighted by Crippen LogP contribution is 2.30. The Labute approximate surface area is 152 Å². The topological polar surface area (TPSA) is 54.5 Å². The number of urea groups is 1. The Bertz CT molecular complexity index is 886. The van der Waals surface area contributed by atoms with Crippen LogP contribution in [0, 0.1) is 5.82 Å². The van der Waals surface area contributed by atoms with E-state index in [9.17, 15) is 9.18 Å². The molecule has 0 fully saturated rings. The van der Waals surface area contributed by atoms with Crippen LogP contribution in [0.3, 0.4) is 0 Å². The van der Waals surface area contributed by atoms with E-state index in [1.54, 1.807) is 43.4 Å². The Balaban J connectivity index is 1.64. The molecule has 0 aliphatic carbocycles. The molecule has 0 spiro atoms. The van der Waals surface area contributed by atoms with Gasteiger partial charge in [0.05, 0.1) is 6.20 Å². The summed E-state index contributed by atoms with van der Waals surface area (Å²) in [5.74, 6) is -0.0278.